The van der Waals surface area contributed by atoms with Crippen molar-refractivity contribution in [2.24, 2.45) is 0 Å². The number of rotatable bonds is 8. The Bertz CT molecular complexity index is 5260. The van der Waals surface area contributed by atoms with Crippen LogP contribution >= 0.6 is 0 Å². The summed E-state index contributed by atoms with van der Waals surface area (Å²) in [6.45, 7) is 0. The van der Waals surface area contributed by atoms with Gasteiger partial charge >= 0.3 is 0 Å². The number of aromatic nitrogens is 4. The van der Waals surface area contributed by atoms with Crippen LogP contribution in [0.2, 0.25) is 0 Å². The van der Waals surface area contributed by atoms with E-state index in [1.807, 2.05) is 18.2 Å². The summed E-state index contributed by atoms with van der Waals surface area (Å²) in [6, 6.07) is 117. The van der Waals surface area contributed by atoms with Gasteiger partial charge in [0.15, 0.2) is 0 Å². The van der Waals surface area contributed by atoms with Crippen LogP contribution in [0.1, 0.15) is 0 Å². The number of benzene rings is 15. The van der Waals surface area contributed by atoms with Crippen molar-refractivity contribution < 1.29 is 0 Å². The van der Waals surface area contributed by atoms with Gasteiger partial charge in [-0.05, 0) is 153 Å². The highest BCUT2D eigenvalue weighted by Gasteiger charge is 2.21. The lowest BCUT2D eigenvalue weighted by molar-refractivity contribution is 1.10. The summed E-state index contributed by atoms with van der Waals surface area (Å²) in [5.74, 6) is 1.89. The normalized spacial score (nSPS) is 11.5. The fourth-order valence-electron chi connectivity index (χ4n) is 13.1. The lowest BCUT2D eigenvalue weighted by atomic mass is 9.85. The Morgan fingerprint density at radius 3 is 0.860 bits per heavy atom. The smallest absolute Gasteiger partial charge is 0.145 e. The fourth-order valence-corrected chi connectivity index (χ4v) is 13.1. The Morgan fingerprint density at radius 1 is 0.198 bits per heavy atom. The molecule has 0 saturated carbocycles. The summed E-state index contributed by atoms with van der Waals surface area (Å²) in [4.78, 5) is 10.1. The van der Waals surface area contributed by atoms with E-state index in [-0.39, 0.29) is 0 Å². The Kier molecular flexibility index (Phi) is 12.5. The third-order valence-corrected chi connectivity index (χ3v) is 17.0. The van der Waals surface area contributed by atoms with Gasteiger partial charge in [-0.1, -0.05) is 273 Å². The Balaban J connectivity index is 0.000000140. The fraction of sp³-hybridized carbons (Fsp3) is 0. The van der Waals surface area contributed by atoms with Gasteiger partial charge in [0, 0.05) is 22.5 Å². The van der Waals surface area contributed by atoms with Crippen LogP contribution in [0.5, 0.6) is 0 Å². The minimum atomic E-state index is 0.945. The van der Waals surface area contributed by atoms with Gasteiger partial charge in [0.2, 0.25) is 0 Å². The number of imidazole rings is 2. The van der Waals surface area contributed by atoms with Crippen LogP contribution in [0.15, 0.2) is 328 Å². The van der Waals surface area contributed by atoms with E-state index in [9.17, 15) is 0 Å². The molecule has 0 radical (unpaired) electrons. The molecule has 0 N–H and O–H groups in total. The van der Waals surface area contributed by atoms with E-state index < -0.39 is 0 Å². The molecule has 0 amide bonds. The first kappa shape index (κ1) is 50.3. The summed E-state index contributed by atoms with van der Waals surface area (Å²) >= 11 is 0. The minimum Gasteiger partial charge on any atom is -0.292 e. The molecule has 0 fully saturated rings. The van der Waals surface area contributed by atoms with Crippen molar-refractivity contribution in [3.05, 3.63) is 328 Å². The van der Waals surface area contributed by atoms with E-state index in [0.717, 1.165) is 56.2 Å². The number of fused-ring (bicyclic) bond motifs is 7. The molecule has 0 saturated heterocycles. The number of para-hydroxylation sites is 4. The van der Waals surface area contributed by atoms with E-state index in [1.165, 1.54) is 98.4 Å². The van der Waals surface area contributed by atoms with E-state index >= 15 is 0 Å². The second kappa shape index (κ2) is 21.4. The Morgan fingerprint density at radius 2 is 0.477 bits per heavy atom. The van der Waals surface area contributed by atoms with Crippen molar-refractivity contribution in [1.82, 2.24) is 19.1 Å². The molecule has 0 aliphatic rings. The highest BCUT2D eigenvalue weighted by atomic mass is 15.1. The van der Waals surface area contributed by atoms with Gasteiger partial charge in [-0.3, -0.25) is 9.13 Å². The topological polar surface area (TPSA) is 35.6 Å². The van der Waals surface area contributed by atoms with Gasteiger partial charge in [0.25, 0.3) is 0 Å². The summed E-state index contributed by atoms with van der Waals surface area (Å²) in [5.41, 5.74) is 18.5. The Labute approximate surface area is 498 Å². The predicted molar refractivity (Wildman–Crippen MR) is 362 cm³/mol. The van der Waals surface area contributed by atoms with Crippen LogP contribution < -0.4 is 0 Å². The largest absolute Gasteiger partial charge is 0.292 e. The van der Waals surface area contributed by atoms with E-state index in [2.05, 4.69) is 319 Å². The van der Waals surface area contributed by atoms with E-state index in [4.69, 9.17) is 9.97 Å². The molecule has 17 rings (SSSR count). The van der Waals surface area contributed by atoms with Crippen molar-refractivity contribution >= 4 is 75.9 Å². The van der Waals surface area contributed by atoms with E-state index in [1.54, 1.807) is 0 Å². The molecule has 0 spiro atoms. The molecule has 0 aliphatic heterocycles. The molecule has 86 heavy (non-hydrogen) atoms. The minimum absolute atomic E-state index is 0.945. The van der Waals surface area contributed by atoms with Crippen LogP contribution in [-0.4, -0.2) is 19.1 Å². The van der Waals surface area contributed by atoms with Crippen molar-refractivity contribution in [3.63, 3.8) is 0 Å². The van der Waals surface area contributed by atoms with Gasteiger partial charge in [0.05, 0.1) is 22.1 Å². The molecule has 4 nitrogen and oxygen atoms in total. The lowest BCUT2D eigenvalue weighted by Crippen LogP contribution is -1.97. The molecule has 2 heterocycles. The second-order valence-corrected chi connectivity index (χ2v) is 22.0. The molecule has 402 valence electrons. The molecule has 0 bridgehead atoms. The Hall–Kier alpha value is -11.5. The van der Waals surface area contributed by atoms with Crippen LogP contribution in [0.4, 0.5) is 0 Å². The molecule has 0 unspecified atom stereocenters. The summed E-state index contributed by atoms with van der Waals surface area (Å²) < 4.78 is 4.54. The number of nitrogens with zero attached hydrogens (tertiary/aromatic N) is 4. The second-order valence-electron chi connectivity index (χ2n) is 22.0. The summed E-state index contributed by atoms with van der Waals surface area (Å²) in [7, 11) is 0. The van der Waals surface area contributed by atoms with Gasteiger partial charge in [-0.15, -0.1) is 0 Å². The molecule has 2 aromatic heterocycles. The average molecular weight is 1100 g/mol. The van der Waals surface area contributed by atoms with E-state index in [0.29, 0.717) is 0 Å². The first-order valence-corrected chi connectivity index (χ1v) is 29.4. The lowest BCUT2D eigenvalue weighted by Gasteiger charge is -2.18. The summed E-state index contributed by atoms with van der Waals surface area (Å²) in [6.07, 6.45) is 0. The SMILES string of the molecule is c1ccc(-c2c3ccccc3c(-c3ccc(-n4c(-c5ccccc5)nc5ccccc54)cc3)c3ccccc23)cc1.c1ccc(-c2nc3ccccc3n2-c2ccc(-c3c4ccccc4c(-c4ccc5ccccc5c4)c4ccccc34)cc2)cc1. The highest BCUT2D eigenvalue weighted by Crippen LogP contribution is 2.46. The standard InChI is InChI=1S/C43H28N2.C39H26N2/c1-2-13-31(14-3-1)43-44-39-20-10-11-21-40(39)45(43)34-26-24-30(25-27-34)41-35-16-6-8-18-37(35)42(38-19-9-7-17-36(38)41)33-23-22-29-12-4-5-15-32(29)28-33;1-3-13-27(14-4-1)37-31-17-7-9-19-33(31)38(34-20-10-8-18-32(34)37)28-23-25-30(26-24-28)41-36-22-12-11-21-35(36)40-39(41)29-15-5-2-6-16-29/h1-28H;1-26H. The zero-order valence-electron chi connectivity index (χ0n) is 47.0. The first-order valence-electron chi connectivity index (χ1n) is 29.4. The first-order chi connectivity index (χ1) is 42.7. The van der Waals surface area contributed by atoms with Crippen molar-refractivity contribution in [3.8, 4) is 78.7 Å². The summed E-state index contributed by atoms with van der Waals surface area (Å²) in [5, 5.41) is 12.6. The van der Waals surface area contributed by atoms with Crippen molar-refractivity contribution in [1.29, 1.82) is 0 Å². The average Bonchev–Trinajstić information content (AvgIpc) is 1.46. The molecule has 15 aromatic carbocycles. The predicted octanol–water partition coefficient (Wildman–Crippen LogP) is 21.8. The molecular weight excluding hydrogens is 1040 g/mol. The third-order valence-electron chi connectivity index (χ3n) is 17.0. The quantitative estimate of drug-likeness (QED) is 0.142. The van der Waals surface area contributed by atoms with Gasteiger partial charge in [0.1, 0.15) is 11.6 Å². The van der Waals surface area contributed by atoms with Crippen LogP contribution in [-0.2, 0) is 0 Å². The zero-order chi connectivity index (χ0) is 56.9. The highest BCUT2D eigenvalue weighted by molar-refractivity contribution is 6.23. The van der Waals surface area contributed by atoms with Crippen molar-refractivity contribution in [2.45, 2.75) is 0 Å². The van der Waals surface area contributed by atoms with Crippen LogP contribution in [0.3, 0.4) is 0 Å². The van der Waals surface area contributed by atoms with Crippen LogP contribution in [0.25, 0.3) is 155 Å². The van der Waals surface area contributed by atoms with Gasteiger partial charge in [-0.2, -0.15) is 0 Å². The zero-order valence-corrected chi connectivity index (χ0v) is 47.0. The maximum Gasteiger partial charge on any atom is 0.145 e. The molecule has 4 heteroatoms. The number of hydrogen-bond donors (Lipinski definition) is 0. The molecular formula is C82H54N4. The van der Waals surface area contributed by atoms with Crippen LogP contribution in [0, 0.1) is 0 Å². The van der Waals surface area contributed by atoms with Gasteiger partial charge < -0.3 is 0 Å². The molecule has 0 aliphatic carbocycles. The number of hydrogen-bond acceptors (Lipinski definition) is 2. The molecule has 0 atom stereocenters. The maximum atomic E-state index is 5.04. The monoisotopic (exact) mass is 1090 g/mol. The third kappa shape index (κ3) is 8.70. The van der Waals surface area contributed by atoms with Crippen molar-refractivity contribution in [2.75, 3.05) is 0 Å². The maximum absolute atomic E-state index is 5.04. The molecule has 17 aromatic rings. The van der Waals surface area contributed by atoms with Gasteiger partial charge in [-0.25, -0.2) is 9.97 Å².